The Kier molecular flexibility index (Phi) is 20.7. The molecule has 4 rings (SSSR count). The molecule has 16 atom stereocenters. The fraction of sp³-hybridized carbons (Fsp3) is 0.788. The quantitative estimate of drug-likeness (QED) is 0.121. The third kappa shape index (κ3) is 14.4. The highest BCUT2D eigenvalue weighted by Gasteiger charge is 2.55. The summed E-state index contributed by atoms with van der Waals surface area (Å²) in [4.78, 5) is 43.9. The summed E-state index contributed by atoms with van der Waals surface area (Å²) in [5.74, 6) is -7.68. The molecule has 1 amide bonds. The number of piperidine rings is 1. The maximum atomic E-state index is 17.1. The molecule has 12 nitrogen and oxygen atoms in total. The van der Waals surface area contributed by atoms with Crippen LogP contribution in [0, 0.1) is 40.9 Å². The number of hydrogen-bond donors (Lipinski definition) is 4. The second-order valence-electron chi connectivity index (χ2n) is 21.0. The maximum Gasteiger partial charge on any atom is 0.329 e. The summed E-state index contributed by atoms with van der Waals surface area (Å²) < 4.78 is 40.7. The zero-order chi connectivity index (χ0) is 48.4. The van der Waals surface area contributed by atoms with Gasteiger partial charge in [-0.1, -0.05) is 90.5 Å². The van der Waals surface area contributed by atoms with Gasteiger partial charge in [-0.2, -0.15) is 0 Å². The first-order valence-corrected chi connectivity index (χ1v) is 24.4. The first-order valence-electron chi connectivity index (χ1n) is 24.4. The van der Waals surface area contributed by atoms with Crippen LogP contribution in [0.4, 0.5) is 4.39 Å². The van der Waals surface area contributed by atoms with Crippen molar-refractivity contribution in [1.29, 1.82) is 0 Å². The van der Waals surface area contributed by atoms with Gasteiger partial charge in [0, 0.05) is 39.0 Å². The normalized spacial score (nSPS) is 42.3. The molecule has 4 aliphatic rings. The fourth-order valence-corrected chi connectivity index (χ4v) is 10.5. The Morgan fingerprint density at radius 3 is 2.26 bits per heavy atom. The molecular weight excluding hydrogens is 834 g/mol. The van der Waals surface area contributed by atoms with E-state index in [-0.39, 0.29) is 49.2 Å². The largest absolute Gasteiger partial charge is 0.460 e. The molecule has 4 N–H and O–H groups in total. The number of Topliss-reactive ketones (excluding diaryl/α,β-unsaturated/α-hetero) is 1. The van der Waals surface area contributed by atoms with E-state index in [2.05, 4.69) is 13.0 Å². The number of cyclic esters (lactones) is 1. The van der Waals surface area contributed by atoms with E-state index in [1.807, 2.05) is 58.9 Å². The third-order valence-corrected chi connectivity index (χ3v) is 15.3. The zero-order valence-electron chi connectivity index (χ0n) is 41.3. The lowest BCUT2D eigenvalue weighted by Crippen LogP contribution is -2.59. The second kappa shape index (κ2) is 24.5. The molecule has 0 aromatic rings. The van der Waals surface area contributed by atoms with Crippen molar-refractivity contribution < 1.29 is 58.1 Å². The Morgan fingerprint density at radius 1 is 0.877 bits per heavy atom. The molecule has 3 fully saturated rings. The number of methoxy groups -OCH3 is 2. The molecule has 3 aliphatic heterocycles. The van der Waals surface area contributed by atoms with Crippen LogP contribution in [-0.4, -0.2) is 124 Å². The summed E-state index contributed by atoms with van der Waals surface area (Å²) in [6.07, 6.45) is 10.9. The summed E-state index contributed by atoms with van der Waals surface area (Å²) >= 11 is 0. The molecule has 0 aromatic heterocycles. The lowest BCUT2D eigenvalue weighted by atomic mass is 9.77. The number of nitrogens with zero attached hydrogens (tertiary/aromatic N) is 1. The number of hydrogen-bond acceptors (Lipinski definition) is 11. The van der Waals surface area contributed by atoms with Crippen molar-refractivity contribution in [2.75, 3.05) is 20.8 Å². The third-order valence-electron chi connectivity index (χ3n) is 15.3. The lowest BCUT2D eigenvalue weighted by Gasteiger charge is -2.42. The number of allylic oxidation sites excluding steroid dienone is 6. The molecule has 0 radical (unpaired) electrons. The standard InChI is InChI=1S/C52H84FNO11/c1-31-17-13-12-14-18-36(6)51(8,9)30-39-22-20-37(7)52(53,65-39)48(59)49(60)54-24-16-15-19-40(54)50(61)64-43(33(3)27-38-21-23-41(55)44(28-38)62-10)29-42(56)32(2)26-35(5)46(58)47(63-11)45(57)34(4)25-31/h12-14,17-18,26,31-34,37-47,55-58H,15-16,19-25,27-30H2,1-11H3/b14-12+,17-13+,35-26+,36-18+/t31-,32-,33-,34-,37-,38?,39?,40?,41-,42?,43?,44-,45?,46-,47+,52-/m1/s1. The van der Waals surface area contributed by atoms with Crippen LogP contribution in [-0.2, 0) is 33.3 Å². The molecule has 0 spiro atoms. The molecular formula is C52H84FNO11. The minimum atomic E-state index is -2.87. The van der Waals surface area contributed by atoms with Crippen LogP contribution in [0.5, 0.6) is 0 Å². The Bertz CT molecular complexity index is 1700. The van der Waals surface area contributed by atoms with Crippen molar-refractivity contribution in [3.05, 3.63) is 47.6 Å². The molecule has 3 heterocycles. The van der Waals surface area contributed by atoms with Crippen LogP contribution in [0.25, 0.3) is 0 Å². The van der Waals surface area contributed by atoms with E-state index < -0.39 is 89.5 Å². The number of ketones is 1. The predicted octanol–water partition coefficient (Wildman–Crippen LogP) is 7.75. The highest BCUT2D eigenvalue weighted by molar-refractivity contribution is 6.39. The topological polar surface area (TPSA) is 172 Å². The fourth-order valence-electron chi connectivity index (χ4n) is 10.5. The second-order valence-corrected chi connectivity index (χ2v) is 21.0. The van der Waals surface area contributed by atoms with E-state index in [0.717, 1.165) is 16.9 Å². The molecule has 0 aromatic carbocycles. The van der Waals surface area contributed by atoms with Crippen LogP contribution in [0.2, 0.25) is 0 Å². The molecule has 1 saturated carbocycles. The summed E-state index contributed by atoms with van der Waals surface area (Å²) in [6, 6.07) is -1.14. The SMILES string of the molecule is CO[C@@H]1CC(C[C@@H](C)C2CC(O)[C@H](C)/C=C(\C)[C@@H](O)[C@@H](OC)C(O)[C@H](C)C[C@H](C)/C=C/C=C/C=C(\C)C(C)(C)CC3CC[C@@H](C)[C@@](F)(O3)C(=O)C(=O)N3CCCCC3C(=O)O2)CC[C@H]1O. The van der Waals surface area contributed by atoms with Gasteiger partial charge in [0.15, 0.2) is 0 Å². The molecule has 2 bridgehead atoms. The highest BCUT2D eigenvalue weighted by atomic mass is 19.2. The first kappa shape index (κ1) is 54.8. The number of aliphatic hydroxyl groups is 4. The van der Waals surface area contributed by atoms with Gasteiger partial charge in [-0.05, 0) is 119 Å². The van der Waals surface area contributed by atoms with Crippen LogP contribution in [0.3, 0.4) is 0 Å². The molecule has 370 valence electrons. The van der Waals surface area contributed by atoms with Crippen LogP contribution >= 0.6 is 0 Å². The molecule has 1 aliphatic carbocycles. The molecule has 65 heavy (non-hydrogen) atoms. The summed E-state index contributed by atoms with van der Waals surface area (Å²) in [5, 5.41) is 45.2. The van der Waals surface area contributed by atoms with Crippen molar-refractivity contribution in [2.45, 2.75) is 200 Å². The molecule has 2 saturated heterocycles. The number of amides is 1. The Hall–Kier alpha value is -2.78. The van der Waals surface area contributed by atoms with E-state index >= 15 is 4.39 Å². The number of carbonyl (C=O) groups is 3. The van der Waals surface area contributed by atoms with E-state index in [4.69, 9.17) is 18.9 Å². The average molecular weight is 918 g/mol. The van der Waals surface area contributed by atoms with Gasteiger partial charge in [0.2, 0.25) is 0 Å². The van der Waals surface area contributed by atoms with Crippen molar-refractivity contribution in [2.24, 2.45) is 40.9 Å². The highest BCUT2D eigenvalue weighted by Crippen LogP contribution is 2.43. The van der Waals surface area contributed by atoms with Gasteiger partial charge < -0.3 is 44.3 Å². The number of fused-ring (bicyclic) bond motifs is 3. The van der Waals surface area contributed by atoms with Gasteiger partial charge in [0.25, 0.3) is 17.5 Å². The van der Waals surface area contributed by atoms with Crippen LogP contribution in [0.15, 0.2) is 47.6 Å². The van der Waals surface area contributed by atoms with Crippen molar-refractivity contribution in [1.82, 2.24) is 4.90 Å². The average Bonchev–Trinajstić information content (AvgIpc) is 3.26. The van der Waals surface area contributed by atoms with Gasteiger partial charge in [-0.25, -0.2) is 9.18 Å². The smallest absolute Gasteiger partial charge is 0.329 e. The van der Waals surface area contributed by atoms with Gasteiger partial charge >= 0.3 is 5.97 Å². The van der Waals surface area contributed by atoms with Gasteiger partial charge in [-0.15, -0.1) is 0 Å². The number of aliphatic hydroxyl groups excluding tert-OH is 4. The monoisotopic (exact) mass is 918 g/mol. The van der Waals surface area contributed by atoms with Gasteiger partial charge in [0.05, 0.1) is 30.5 Å². The van der Waals surface area contributed by atoms with Crippen LogP contribution < -0.4 is 0 Å². The van der Waals surface area contributed by atoms with E-state index in [9.17, 15) is 34.8 Å². The van der Waals surface area contributed by atoms with E-state index in [0.29, 0.717) is 63.4 Å². The zero-order valence-corrected chi connectivity index (χ0v) is 41.3. The van der Waals surface area contributed by atoms with E-state index in [1.165, 1.54) is 7.11 Å². The number of esters is 1. The number of ether oxygens (including phenoxy) is 4. The van der Waals surface area contributed by atoms with Gasteiger partial charge in [-0.3, -0.25) is 9.59 Å². The summed E-state index contributed by atoms with van der Waals surface area (Å²) in [6.45, 7) is 17.2. The maximum absolute atomic E-state index is 17.1. The Labute approximate surface area is 389 Å². The van der Waals surface area contributed by atoms with Crippen molar-refractivity contribution in [3.63, 3.8) is 0 Å². The molecule has 6 unspecified atom stereocenters. The minimum Gasteiger partial charge on any atom is -0.460 e. The van der Waals surface area contributed by atoms with E-state index in [1.54, 1.807) is 34.0 Å². The minimum absolute atomic E-state index is 0.0237. The summed E-state index contributed by atoms with van der Waals surface area (Å²) in [5.41, 5.74) is 1.10. The van der Waals surface area contributed by atoms with Crippen molar-refractivity contribution >= 4 is 17.7 Å². The predicted molar refractivity (Wildman–Crippen MR) is 249 cm³/mol. The molecule has 13 heteroatoms. The van der Waals surface area contributed by atoms with Crippen LogP contribution in [0.1, 0.15) is 139 Å². The van der Waals surface area contributed by atoms with Crippen molar-refractivity contribution in [3.8, 4) is 0 Å². The lowest BCUT2D eigenvalue weighted by molar-refractivity contribution is -0.231. The number of halogens is 1. The Balaban J connectivity index is 1.70. The first-order chi connectivity index (χ1) is 30.5. The Morgan fingerprint density at radius 2 is 1.58 bits per heavy atom. The number of rotatable bonds is 5. The van der Waals surface area contributed by atoms with Gasteiger partial charge in [0.1, 0.15) is 24.4 Å². The number of alkyl halides is 1. The summed E-state index contributed by atoms with van der Waals surface area (Å²) in [7, 11) is 3.04. The number of carbonyl (C=O) groups excluding carboxylic acids is 3.